The Morgan fingerprint density at radius 3 is 2.48 bits per heavy atom. The second kappa shape index (κ2) is 7.41. The van der Waals surface area contributed by atoms with Crippen molar-refractivity contribution in [1.82, 2.24) is 0 Å². The Balaban J connectivity index is 1.76. The Kier molecular flexibility index (Phi) is 4.82. The smallest absolute Gasteiger partial charge is 0.343 e. The van der Waals surface area contributed by atoms with Crippen LogP contribution in [0.2, 0.25) is 0 Å². The summed E-state index contributed by atoms with van der Waals surface area (Å²) >= 11 is 3.41. The lowest BCUT2D eigenvalue weighted by atomic mass is 10.0. The molecule has 27 heavy (non-hydrogen) atoms. The van der Waals surface area contributed by atoms with Crippen molar-refractivity contribution in [3.8, 4) is 5.75 Å². The molecule has 134 valence electrons. The Morgan fingerprint density at radius 2 is 1.74 bits per heavy atom. The molecule has 0 N–H and O–H groups in total. The van der Waals surface area contributed by atoms with Gasteiger partial charge in [0.2, 0.25) is 0 Å². The van der Waals surface area contributed by atoms with Crippen LogP contribution in [0.3, 0.4) is 0 Å². The van der Waals surface area contributed by atoms with Crippen LogP contribution < -0.4 is 4.74 Å². The molecule has 0 amide bonds. The molecule has 0 saturated heterocycles. The molecule has 3 aromatic carbocycles. The van der Waals surface area contributed by atoms with Crippen molar-refractivity contribution in [2.75, 3.05) is 6.61 Å². The van der Waals surface area contributed by atoms with Crippen molar-refractivity contribution in [2.24, 2.45) is 0 Å². The van der Waals surface area contributed by atoms with Gasteiger partial charge in [0.15, 0.2) is 0 Å². The Labute approximate surface area is 166 Å². The Morgan fingerprint density at radius 1 is 1.00 bits per heavy atom. The number of carbonyl (C=O) groups excluding carboxylic acids is 1. The van der Waals surface area contributed by atoms with Crippen molar-refractivity contribution in [3.63, 3.8) is 0 Å². The van der Waals surface area contributed by atoms with Crippen LogP contribution in [-0.2, 0) is 9.53 Å². The molecule has 0 saturated carbocycles. The number of rotatable bonds is 4. The van der Waals surface area contributed by atoms with Crippen LogP contribution in [0.4, 0.5) is 0 Å². The van der Waals surface area contributed by atoms with Crippen LogP contribution in [0.1, 0.15) is 18.1 Å². The average molecular weight is 421 g/mol. The molecule has 1 aliphatic heterocycles. The highest BCUT2D eigenvalue weighted by Crippen LogP contribution is 2.32. The first kappa shape index (κ1) is 17.6. The number of hydrogen-bond donors (Lipinski definition) is 0. The molecule has 0 aliphatic carbocycles. The third-order valence-corrected chi connectivity index (χ3v) is 4.91. The summed E-state index contributed by atoms with van der Waals surface area (Å²) in [6.45, 7) is 2.57. The zero-order chi connectivity index (χ0) is 18.8. The SMILES string of the molecule is CCOc1ccc(/C=C2\C=C(c3ccc(Br)cc3)OC2=O)c2ccccc12. The third kappa shape index (κ3) is 3.53. The van der Waals surface area contributed by atoms with Crippen molar-refractivity contribution in [3.05, 3.63) is 87.9 Å². The van der Waals surface area contributed by atoms with E-state index in [-0.39, 0.29) is 5.97 Å². The summed E-state index contributed by atoms with van der Waals surface area (Å²) in [6, 6.07) is 19.6. The number of cyclic esters (lactones) is 1. The van der Waals surface area contributed by atoms with Crippen molar-refractivity contribution in [2.45, 2.75) is 6.92 Å². The van der Waals surface area contributed by atoms with E-state index >= 15 is 0 Å². The van der Waals surface area contributed by atoms with Crippen LogP contribution in [0.5, 0.6) is 5.75 Å². The minimum Gasteiger partial charge on any atom is -0.493 e. The first-order valence-corrected chi connectivity index (χ1v) is 9.51. The van der Waals surface area contributed by atoms with Crippen molar-refractivity contribution < 1.29 is 14.3 Å². The van der Waals surface area contributed by atoms with Crippen LogP contribution >= 0.6 is 15.9 Å². The maximum absolute atomic E-state index is 12.4. The second-order valence-electron chi connectivity index (χ2n) is 6.14. The lowest BCUT2D eigenvalue weighted by Gasteiger charge is -2.09. The van der Waals surface area contributed by atoms with Gasteiger partial charge in [0, 0.05) is 15.4 Å². The van der Waals surface area contributed by atoms with E-state index < -0.39 is 0 Å². The predicted molar refractivity (Wildman–Crippen MR) is 111 cm³/mol. The quantitative estimate of drug-likeness (QED) is 0.384. The molecule has 0 bridgehead atoms. The standard InChI is InChI=1S/C23H17BrO3/c1-2-26-21-12-9-16(19-5-3-4-6-20(19)21)13-17-14-22(27-23(17)25)15-7-10-18(24)11-8-15/h3-14H,2H2,1H3/b17-13+. The number of carbonyl (C=O) groups is 1. The van der Waals surface area contributed by atoms with Gasteiger partial charge in [-0.1, -0.05) is 58.4 Å². The lowest BCUT2D eigenvalue weighted by molar-refractivity contribution is -0.130. The van der Waals surface area contributed by atoms with E-state index in [0.29, 0.717) is 17.9 Å². The molecule has 0 spiro atoms. The fourth-order valence-electron chi connectivity index (χ4n) is 3.11. The van der Waals surface area contributed by atoms with Gasteiger partial charge < -0.3 is 9.47 Å². The minimum atomic E-state index is -0.342. The summed E-state index contributed by atoms with van der Waals surface area (Å²) in [6.07, 6.45) is 3.66. The highest BCUT2D eigenvalue weighted by Gasteiger charge is 2.22. The number of ether oxygens (including phenoxy) is 2. The van der Waals surface area contributed by atoms with Crippen LogP contribution in [-0.4, -0.2) is 12.6 Å². The maximum atomic E-state index is 12.4. The van der Waals surface area contributed by atoms with Gasteiger partial charge in [-0.05, 0) is 48.2 Å². The number of esters is 1. The van der Waals surface area contributed by atoms with Crippen LogP contribution in [0, 0.1) is 0 Å². The number of fused-ring (bicyclic) bond motifs is 1. The molecule has 0 radical (unpaired) electrons. The Hall–Kier alpha value is -2.85. The van der Waals surface area contributed by atoms with Crippen LogP contribution in [0.15, 0.2) is 76.8 Å². The number of benzene rings is 3. The Bertz CT molecular complexity index is 1080. The van der Waals surface area contributed by atoms with E-state index in [0.717, 1.165) is 32.1 Å². The van der Waals surface area contributed by atoms with E-state index in [1.54, 1.807) is 6.08 Å². The van der Waals surface area contributed by atoms with Crippen molar-refractivity contribution >= 4 is 44.5 Å². The molecule has 0 atom stereocenters. The highest BCUT2D eigenvalue weighted by atomic mass is 79.9. The lowest BCUT2D eigenvalue weighted by Crippen LogP contribution is -1.97. The molecule has 1 aliphatic rings. The van der Waals surface area contributed by atoms with Crippen LogP contribution in [0.25, 0.3) is 22.6 Å². The summed E-state index contributed by atoms with van der Waals surface area (Å²) < 4.78 is 12.2. The average Bonchev–Trinajstić information content (AvgIpc) is 3.05. The molecule has 4 rings (SSSR count). The van der Waals surface area contributed by atoms with Gasteiger partial charge in [-0.2, -0.15) is 0 Å². The van der Waals surface area contributed by atoms with Gasteiger partial charge in [0.25, 0.3) is 0 Å². The zero-order valence-corrected chi connectivity index (χ0v) is 16.3. The predicted octanol–water partition coefficient (Wildman–Crippen LogP) is 5.98. The molecular weight excluding hydrogens is 404 g/mol. The largest absolute Gasteiger partial charge is 0.493 e. The van der Waals surface area contributed by atoms with Crippen molar-refractivity contribution in [1.29, 1.82) is 0 Å². The normalized spacial score (nSPS) is 15.1. The molecule has 0 unspecified atom stereocenters. The van der Waals surface area contributed by atoms with Gasteiger partial charge in [-0.25, -0.2) is 4.79 Å². The zero-order valence-electron chi connectivity index (χ0n) is 14.7. The second-order valence-corrected chi connectivity index (χ2v) is 7.05. The summed E-state index contributed by atoms with van der Waals surface area (Å²) in [4.78, 5) is 12.4. The molecular formula is C23H17BrO3. The highest BCUT2D eigenvalue weighted by molar-refractivity contribution is 9.10. The topological polar surface area (TPSA) is 35.5 Å². The summed E-state index contributed by atoms with van der Waals surface area (Å²) in [7, 11) is 0. The third-order valence-electron chi connectivity index (χ3n) is 4.38. The van der Waals surface area contributed by atoms with Gasteiger partial charge >= 0.3 is 5.97 Å². The van der Waals surface area contributed by atoms with E-state index in [1.165, 1.54) is 0 Å². The van der Waals surface area contributed by atoms with E-state index in [2.05, 4.69) is 15.9 Å². The van der Waals surface area contributed by atoms with Gasteiger partial charge in [-0.3, -0.25) is 0 Å². The number of hydrogen-bond acceptors (Lipinski definition) is 3. The number of halogens is 1. The fourth-order valence-corrected chi connectivity index (χ4v) is 3.38. The summed E-state index contributed by atoms with van der Waals surface area (Å²) in [5.74, 6) is 1.07. The summed E-state index contributed by atoms with van der Waals surface area (Å²) in [5, 5.41) is 2.06. The van der Waals surface area contributed by atoms with Gasteiger partial charge in [0.1, 0.15) is 11.5 Å². The molecule has 4 heteroatoms. The van der Waals surface area contributed by atoms with E-state index in [9.17, 15) is 4.79 Å². The molecule has 3 nitrogen and oxygen atoms in total. The van der Waals surface area contributed by atoms with Gasteiger partial charge in [-0.15, -0.1) is 0 Å². The van der Waals surface area contributed by atoms with E-state index in [4.69, 9.17) is 9.47 Å². The first-order chi connectivity index (χ1) is 13.2. The molecule has 0 aromatic heterocycles. The minimum absolute atomic E-state index is 0.342. The fraction of sp³-hybridized carbons (Fsp3) is 0.0870. The molecule has 1 heterocycles. The summed E-state index contributed by atoms with van der Waals surface area (Å²) in [5.41, 5.74) is 2.35. The monoisotopic (exact) mass is 420 g/mol. The molecule has 3 aromatic rings. The first-order valence-electron chi connectivity index (χ1n) is 8.72. The maximum Gasteiger partial charge on any atom is 0.343 e. The molecule has 0 fully saturated rings. The van der Waals surface area contributed by atoms with E-state index in [1.807, 2.05) is 73.7 Å². The van der Waals surface area contributed by atoms with Gasteiger partial charge in [0.05, 0.1) is 12.2 Å².